The fourth-order valence-corrected chi connectivity index (χ4v) is 3.25. The van der Waals surface area contributed by atoms with Gasteiger partial charge in [0.1, 0.15) is 11.4 Å². The molecule has 2 aromatic heterocycles. The molecule has 112 valence electrons. The summed E-state index contributed by atoms with van der Waals surface area (Å²) in [6.07, 6.45) is 1.71. The molecule has 0 radical (unpaired) electrons. The first kappa shape index (κ1) is 14.2. The number of aliphatic hydroxyl groups is 1. The number of fused-ring (bicyclic) bond motifs is 1. The third-order valence-electron chi connectivity index (χ3n) is 4.03. The molecule has 0 spiro atoms. The molecule has 7 heteroatoms. The highest BCUT2D eigenvalue weighted by Crippen LogP contribution is 2.17. The van der Waals surface area contributed by atoms with Crippen LogP contribution in [0.15, 0.2) is 22.6 Å². The maximum Gasteiger partial charge on any atom is 0.262 e. The van der Waals surface area contributed by atoms with Gasteiger partial charge in [-0.15, -0.1) is 11.3 Å². The number of rotatable bonds is 2. The summed E-state index contributed by atoms with van der Waals surface area (Å²) in [6.45, 7) is 2.91. The van der Waals surface area contributed by atoms with Crippen LogP contribution in [0, 0.1) is 5.92 Å². The van der Waals surface area contributed by atoms with Gasteiger partial charge in [-0.25, -0.2) is 4.98 Å². The van der Waals surface area contributed by atoms with Gasteiger partial charge in [0.05, 0.1) is 17.8 Å². The Hall–Kier alpha value is -1.73. The second kappa shape index (κ2) is 5.57. The van der Waals surface area contributed by atoms with Gasteiger partial charge in [0.15, 0.2) is 0 Å². The van der Waals surface area contributed by atoms with Crippen molar-refractivity contribution >= 4 is 27.5 Å². The van der Waals surface area contributed by atoms with Crippen LogP contribution in [0.4, 0.5) is 0 Å². The van der Waals surface area contributed by atoms with E-state index in [4.69, 9.17) is 0 Å². The van der Waals surface area contributed by atoms with Crippen LogP contribution in [-0.4, -0.2) is 44.7 Å². The molecule has 0 aliphatic carbocycles. The lowest BCUT2D eigenvalue weighted by atomic mass is 9.96. The first-order valence-corrected chi connectivity index (χ1v) is 7.82. The Labute approximate surface area is 125 Å². The number of carbonyl (C=O) groups is 1. The van der Waals surface area contributed by atoms with E-state index in [2.05, 4.69) is 4.98 Å². The quantitative estimate of drug-likeness (QED) is 0.885. The van der Waals surface area contributed by atoms with Gasteiger partial charge >= 0.3 is 0 Å². The minimum absolute atomic E-state index is 0.0290. The Kier molecular flexibility index (Phi) is 3.77. The minimum Gasteiger partial charge on any atom is -0.391 e. The molecule has 6 nitrogen and oxygen atoms in total. The molecule has 21 heavy (non-hydrogen) atoms. The van der Waals surface area contributed by atoms with Gasteiger partial charge in [0.2, 0.25) is 5.91 Å². The van der Waals surface area contributed by atoms with E-state index in [0.29, 0.717) is 23.3 Å². The number of carbonyl (C=O) groups excluding carboxylic acids is 1. The molecule has 3 heterocycles. The molecule has 1 aliphatic heterocycles. The zero-order chi connectivity index (χ0) is 15.0. The Morgan fingerprint density at radius 2 is 2.38 bits per heavy atom. The average molecular weight is 307 g/mol. The summed E-state index contributed by atoms with van der Waals surface area (Å²) in [6, 6.07) is 1.72. The number of piperidine rings is 1. The van der Waals surface area contributed by atoms with Gasteiger partial charge in [0.25, 0.3) is 5.56 Å². The Bertz CT molecular complexity index is 724. The number of nitrogens with zero attached hydrogens (tertiary/aromatic N) is 3. The number of hydrogen-bond acceptors (Lipinski definition) is 5. The maximum atomic E-state index is 12.3. The first-order chi connectivity index (χ1) is 10.1. The second-order valence-corrected chi connectivity index (χ2v) is 6.38. The predicted molar refractivity (Wildman–Crippen MR) is 80.2 cm³/mol. The summed E-state index contributed by atoms with van der Waals surface area (Å²) in [5.74, 6) is 0.0556. The highest BCUT2D eigenvalue weighted by Gasteiger charge is 2.27. The Morgan fingerprint density at radius 1 is 1.57 bits per heavy atom. The van der Waals surface area contributed by atoms with Crippen molar-refractivity contribution in [3.8, 4) is 0 Å². The molecule has 2 atom stereocenters. The molecule has 0 aromatic carbocycles. The second-order valence-electron chi connectivity index (χ2n) is 5.49. The van der Waals surface area contributed by atoms with Crippen LogP contribution in [0.5, 0.6) is 0 Å². The number of thiophene rings is 1. The van der Waals surface area contributed by atoms with E-state index in [9.17, 15) is 14.7 Å². The summed E-state index contributed by atoms with van der Waals surface area (Å²) >= 11 is 1.40. The number of β-amino-alcohol motifs (C(OH)–C–C–N with tert-alkyl or cyclic N) is 1. The molecule has 2 aromatic rings. The molecule has 1 N–H and O–H groups in total. The largest absolute Gasteiger partial charge is 0.391 e. The molecular formula is C14H17N3O3S. The lowest BCUT2D eigenvalue weighted by molar-refractivity contribution is -0.136. The summed E-state index contributed by atoms with van der Waals surface area (Å²) in [7, 11) is 0. The van der Waals surface area contributed by atoms with Gasteiger partial charge in [-0.05, 0) is 23.8 Å². The monoisotopic (exact) mass is 307 g/mol. The first-order valence-electron chi connectivity index (χ1n) is 6.94. The van der Waals surface area contributed by atoms with Crippen molar-refractivity contribution in [1.82, 2.24) is 14.5 Å². The summed E-state index contributed by atoms with van der Waals surface area (Å²) in [5, 5.41) is 12.2. The van der Waals surface area contributed by atoms with Crippen LogP contribution in [0.25, 0.3) is 10.2 Å². The Morgan fingerprint density at radius 3 is 3.14 bits per heavy atom. The van der Waals surface area contributed by atoms with Gasteiger partial charge in [0, 0.05) is 13.1 Å². The van der Waals surface area contributed by atoms with Crippen LogP contribution in [-0.2, 0) is 11.3 Å². The van der Waals surface area contributed by atoms with Crippen molar-refractivity contribution in [3.05, 3.63) is 28.1 Å². The van der Waals surface area contributed by atoms with Gasteiger partial charge in [-0.1, -0.05) is 6.92 Å². The highest BCUT2D eigenvalue weighted by molar-refractivity contribution is 7.16. The summed E-state index contributed by atoms with van der Waals surface area (Å²) < 4.78 is 1.34. The van der Waals surface area contributed by atoms with Crippen molar-refractivity contribution in [2.75, 3.05) is 13.1 Å². The zero-order valence-corrected chi connectivity index (χ0v) is 12.5. The molecule has 1 saturated heterocycles. The van der Waals surface area contributed by atoms with E-state index in [-0.39, 0.29) is 23.9 Å². The smallest absolute Gasteiger partial charge is 0.262 e. The average Bonchev–Trinajstić information content (AvgIpc) is 2.94. The lowest BCUT2D eigenvalue weighted by Crippen LogP contribution is -2.47. The third kappa shape index (κ3) is 2.71. The van der Waals surface area contributed by atoms with Gasteiger partial charge in [-0.3, -0.25) is 14.2 Å². The molecule has 2 unspecified atom stereocenters. The van der Waals surface area contributed by atoms with Crippen LogP contribution in [0.1, 0.15) is 13.3 Å². The maximum absolute atomic E-state index is 12.3. The number of aliphatic hydroxyl groups excluding tert-OH is 1. The fraction of sp³-hybridized carbons (Fsp3) is 0.500. The third-order valence-corrected chi connectivity index (χ3v) is 4.85. The van der Waals surface area contributed by atoms with E-state index < -0.39 is 6.10 Å². The molecule has 1 aliphatic rings. The van der Waals surface area contributed by atoms with Crippen LogP contribution >= 0.6 is 11.3 Å². The molecule has 1 amide bonds. The predicted octanol–water partition coefficient (Wildman–Crippen LogP) is 0.687. The zero-order valence-electron chi connectivity index (χ0n) is 11.7. The van der Waals surface area contributed by atoms with E-state index >= 15 is 0 Å². The number of aromatic nitrogens is 2. The number of amides is 1. The van der Waals surface area contributed by atoms with E-state index in [0.717, 1.165) is 6.42 Å². The number of likely N-dealkylation sites (tertiary alicyclic amines) is 1. The van der Waals surface area contributed by atoms with Crippen LogP contribution in [0.2, 0.25) is 0 Å². The lowest BCUT2D eigenvalue weighted by Gasteiger charge is -2.34. The van der Waals surface area contributed by atoms with Crippen molar-refractivity contribution in [2.45, 2.75) is 26.0 Å². The molecule has 0 bridgehead atoms. The molecule has 0 saturated carbocycles. The van der Waals surface area contributed by atoms with Crippen molar-refractivity contribution < 1.29 is 9.90 Å². The summed E-state index contributed by atoms with van der Waals surface area (Å²) in [4.78, 5) is 31.0. The molecule has 1 fully saturated rings. The molecule has 3 rings (SSSR count). The minimum atomic E-state index is -0.489. The van der Waals surface area contributed by atoms with Crippen molar-refractivity contribution in [2.24, 2.45) is 5.92 Å². The normalized spacial score (nSPS) is 22.7. The topological polar surface area (TPSA) is 75.4 Å². The summed E-state index contributed by atoms with van der Waals surface area (Å²) in [5.41, 5.74) is -0.194. The van der Waals surface area contributed by atoms with Crippen molar-refractivity contribution in [3.63, 3.8) is 0 Å². The highest BCUT2D eigenvalue weighted by atomic mass is 32.1. The number of hydrogen-bond donors (Lipinski definition) is 1. The van der Waals surface area contributed by atoms with Crippen molar-refractivity contribution in [1.29, 1.82) is 0 Å². The van der Waals surface area contributed by atoms with Crippen LogP contribution in [0.3, 0.4) is 0 Å². The van der Waals surface area contributed by atoms with E-state index in [1.54, 1.807) is 11.0 Å². The SMILES string of the molecule is CC1CCN(C(=O)Cn2cnc3sccc3c2=O)CC1O. The van der Waals surface area contributed by atoms with Gasteiger partial charge < -0.3 is 10.0 Å². The standard InChI is InChI=1S/C14H17N3O3S/c1-9-2-4-16(6-11(9)18)12(19)7-17-8-15-13-10(14(17)20)3-5-21-13/h3,5,8-9,11,18H,2,4,6-7H2,1H3. The Balaban J connectivity index is 1.77. The van der Waals surface area contributed by atoms with Crippen LogP contribution < -0.4 is 5.56 Å². The fourth-order valence-electron chi connectivity index (χ4n) is 2.53. The van der Waals surface area contributed by atoms with E-state index in [1.807, 2.05) is 12.3 Å². The molecular weight excluding hydrogens is 290 g/mol. The van der Waals surface area contributed by atoms with Gasteiger partial charge in [-0.2, -0.15) is 0 Å². The van der Waals surface area contributed by atoms with E-state index in [1.165, 1.54) is 22.2 Å².